The number of fused-ring (bicyclic) bond motifs is 4. The Morgan fingerprint density at radius 3 is 1.83 bits per heavy atom. The third-order valence-corrected chi connectivity index (χ3v) is 15.5. The van der Waals surface area contributed by atoms with Gasteiger partial charge in [0.1, 0.15) is 5.58 Å². The van der Waals surface area contributed by atoms with E-state index >= 15 is 0 Å². The summed E-state index contributed by atoms with van der Waals surface area (Å²) >= 11 is 0. The van der Waals surface area contributed by atoms with E-state index in [1.807, 2.05) is 54.7 Å². The number of imidazole rings is 1. The number of furan rings is 1. The van der Waals surface area contributed by atoms with Gasteiger partial charge < -0.3 is 14.0 Å². The van der Waals surface area contributed by atoms with E-state index in [1.165, 1.54) is 44.3 Å². The zero-order valence-electron chi connectivity index (χ0n) is 43.6. The van der Waals surface area contributed by atoms with Crippen LogP contribution in [0.4, 0.5) is 0 Å². The van der Waals surface area contributed by atoms with Gasteiger partial charge in [0.2, 0.25) is 0 Å². The summed E-state index contributed by atoms with van der Waals surface area (Å²) in [5.74, 6) is 1.34. The van der Waals surface area contributed by atoms with Crippen LogP contribution in [0.25, 0.3) is 83.7 Å². The predicted octanol–water partition coefficient (Wildman–Crippen LogP) is 17.1. The molecule has 0 fully saturated rings. The number of hydrogen-bond acceptors (Lipinski definition) is 4. The number of benzene rings is 6. The van der Waals surface area contributed by atoms with E-state index < -0.39 is 8.07 Å². The van der Waals surface area contributed by atoms with Crippen molar-refractivity contribution < 1.29 is 24.5 Å². The van der Waals surface area contributed by atoms with Crippen molar-refractivity contribution in [2.75, 3.05) is 0 Å². The second kappa shape index (κ2) is 20.1. The summed E-state index contributed by atoms with van der Waals surface area (Å²) in [7, 11) is -1.42. The van der Waals surface area contributed by atoms with Gasteiger partial charge in [0.15, 0.2) is 0 Å². The zero-order chi connectivity index (χ0) is 49.7. The third-order valence-electron chi connectivity index (χ3n) is 13.4. The number of hydrogen-bond donors (Lipinski definition) is 0. The fraction of sp³-hybridized carbons (Fsp3) is 0.266. The summed E-state index contributed by atoms with van der Waals surface area (Å²) in [4.78, 5) is 14.7. The Labute approximate surface area is 436 Å². The maximum atomic E-state index is 6.93. The Balaban J connectivity index is 0.000000452. The Morgan fingerprint density at radius 2 is 1.24 bits per heavy atom. The monoisotopic (exact) mass is 1130 g/mol. The second-order valence-electron chi connectivity index (χ2n) is 22.5. The van der Waals surface area contributed by atoms with Gasteiger partial charge in [-0.3, -0.25) is 9.97 Å². The molecule has 0 aliphatic heterocycles. The molecule has 0 aliphatic carbocycles. The van der Waals surface area contributed by atoms with E-state index in [0.717, 1.165) is 66.9 Å². The topological polar surface area (TPSA) is 56.7 Å². The molecule has 0 N–H and O–H groups in total. The summed E-state index contributed by atoms with van der Waals surface area (Å²) in [5, 5.41) is 3.46. The summed E-state index contributed by atoms with van der Waals surface area (Å²) in [6.07, 6.45) is 3.77. The van der Waals surface area contributed by atoms with Crippen molar-refractivity contribution in [1.29, 1.82) is 0 Å². The van der Waals surface area contributed by atoms with Crippen LogP contribution >= 0.6 is 0 Å². The van der Waals surface area contributed by atoms with Crippen molar-refractivity contribution in [3.63, 3.8) is 0 Å². The van der Waals surface area contributed by atoms with Gasteiger partial charge in [-0.2, -0.15) is 0 Å². The van der Waals surface area contributed by atoms with Crippen molar-refractivity contribution in [2.24, 2.45) is 0 Å². The average molecular weight is 1130 g/mol. The van der Waals surface area contributed by atoms with Crippen LogP contribution in [0.1, 0.15) is 103 Å². The minimum absolute atomic E-state index is 0. The molecule has 0 unspecified atom stereocenters. The van der Waals surface area contributed by atoms with Gasteiger partial charge in [0.05, 0.1) is 36.2 Å². The first kappa shape index (κ1) is 51.1. The molecule has 0 saturated heterocycles. The summed E-state index contributed by atoms with van der Waals surface area (Å²) in [6.45, 7) is 30.1. The van der Waals surface area contributed by atoms with Crippen LogP contribution in [0.3, 0.4) is 0 Å². The predicted molar refractivity (Wildman–Crippen MR) is 298 cm³/mol. The van der Waals surface area contributed by atoms with Gasteiger partial charge in [-0.25, -0.2) is 0 Å². The maximum Gasteiger partial charge on any atom is 0.124 e. The van der Waals surface area contributed by atoms with Crippen molar-refractivity contribution in [3.05, 3.63) is 186 Å². The number of aromatic nitrogens is 4. The SMILES string of the molecule is CC(C)c1cc(-c2ccc([Si](C)(C)C)cc2)cc(C(C)C)c1-n1c(-c2[c-]ccc3c2oc2cc(-c4cc(C(C)(C)C)cc(C(C)(C)C)c4)ncc23)nc2ccccc21.[Ir].[c-]1ccccc1-c1ccccn1. The average Bonchev–Trinajstić information content (AvgIpc) is 3.92. The first-order valence-electron chi connectivity index (χ1n) is 24.8. The molecule has 4 aromatic heterocycles. The van der Waals surface area contributed by atoms with Crippen LogP contribution in [-0.4, -0.2) is 27.6 Å². The van der Waals surface area contributed by atoms with Gasteiger partial charge in [-0.1, -0.05) is 160 Å². The van der Waals surface area contributed by atoms with Crippen molar-refractivity contribution in [3.8, 4) is 50.7 Å². The third kappa shape index (κ3) is 10.6. The molecular formula is C64H66IrN4OSi-2. The molecule has 0 spiro atoms. The van der Waals surface area contributed by atoms with E-state index in [-0.39, 0.29) is 42.8 Å². The van der Waals surface area contributed by atoms with E-state index in [9.17, 15) is 0 Å². The van der Waals surface area contributed by atoms with Crippen LogP contribution < -0.4 is 5.19 Å². The van der Waals surface area contributed by atoms with Crippen molar-refractivity contribution >= 4 is 46.2 Å². The first-order chi connectivity index (χ1) is 33.3. The number of pyridine rings is 2. The molecule has 0 aliphatic rings. The maximum absolute atomic E-state index is 6.93. The van der Waals surface area contributed by atoms with E-state index in [0.29, 0.717) is 0 Å². The molecule has 4 heterocycles. The first-order valence-corrected chi connectivity index (χ1v) is 28.3. The number of rotatable bonds is 8. The molecule has 0 amide bonds. The number of para-hydroxylation sites is 2. The Bertz CT molecular complexity index is 3380. The Kier molecular flexibility index (Phi) is 14.5. The molecule has 7 heteroatoms. The fourth-order valence-corrected chi connectivity index (χ4v) is 10.4. The van der Waals surface area contributed by atoms with Gasteiger partial charge in [-0.05, 0) is 104 Å². The van der Waals surface area contributed by atoms with Crippen molar-refractivity contribution in [1.82, 2.24) is 19.5 Å². The van der Waals surface area contributed by atoms with Gasteiger partial charge in [0.25, 0.3) is 0 Å². The van der Waals surface area contributed by atoms with E-state index in [4.69, 9.17) is 14.4 Å². The normalized spacial score (nSPS) is 12.2. The quantitative estimate of drug-likeness (QED) is 0.112. The van der Waals surface area contributed by atoms with Crippen LogP contribution in [0.5, 0.6) is 0 Å². The van der Waals surface area contributed by atoms with Crippen LogP contribution in [-0.2, 0) is 30.9 Å². The Hall–Kier alpha value is -6.24. The smallest absolute Gasteiger partial charge is 0.124 e. The molecule has 1 radical (unpaired) electrons. The molecule has 0 atom stereocenters. The largest absolute Gasteiger partial charge is 0.500 e. The van der Waals surface area contributed by atoms with Crippen LogP contribution in [0.15, 0.2) is 156 Å². The zero-order valence-corrected chi connectivity index (χ0v) is 47.0. The standard InChI is InChI=1S/C53H58N3OSi.C11H8N.Ir/c1-32(2)42-27-35(34-21-23-39(24-22-34)58(11,12)13)28-43(33(3)4)49(42)56-47-20-15-14-19-45(47)55-51(56)41-18-16-17-40-44-31-54-46(30-48(44)57-50(40)41)36-25-37(52(5,6)7)29-38(26-36)53(8,9)10;1-2-6-10(7-3-1)11-8-4-5-9-12-11;/h14-17,19-33H,1-13H3;1-6,8-9H;/q2*-1;. The van der Waals surface area contributed by atoms with Crippen LogP contribution in [0.2, 0.25) is 19.6 Å². The second-order valence-corrected chi connectivity index (χ2v) is 27.5. The number of nitrogens with zero attached hydrogens (tertiary/aromatic N) is 4. The van der Waals surface area contributed by atoms with E-state index in [1.54, 1.807) is 6.20 Å². The molecule has 0 saturated carbocycles. The summed E-state index contributed by atoms with van der Waals surface area (Å²) < 4.78 is 9.31. The van der Waals surface area contributed by atoms with Crippen molar-refractivity contribution in [2.45, 2.75) is 112 Å². The summed E-state index contributed by atoms with van der Waals surface area (Å²) in [6, 6.07) is 56.2. The molecule has 363 valence electrons. The van der Waals surface area contributed by atoms with Gasteiger partial charge >= 0.3 is 0 Å². The van der Waals surface area contributed by atoms with Gasteiger partial charge in [-0.15, -0.1) is 54.1 Å². The van der Waals surface area contributed by atoms with Crippen LogP contribution in [0, 0.1) is 12.1 Å². The Morgan fingerprint density at radius 1 is 0.592 bits per heavy atom. The minimum Gasteiger partial charge on any atom is -0.500 e. The molecule has 5 nitrogen and oxygen atoms in total. The molecular weight excluding hydrogens is 1060 g/mol. The van der Waals surface area contributed by atoms with E-state index in [2.05, 4.69) is 202 Å². The molecule has 71 heavy (non-hydrogen) atoms. The van der Waals surface area contributed by atoms with Gasteiger partial charge in [0, 0.05) is 55.2 Å². The molecule has 0 bridgehead atoms. The molecule has 10 rings (SSSR count). The fourth-order valence-electron chi connectivity index (χ4n) is 9.24. The minimum atomic E-state index is -1.42. The molecule has 6 aromatic carbocycles. The summed E-state index contributed by atoms with van der Waals surface area (Å²) in [5.41, 5.74) is 17.3. The molecule has 10 aromatic rings.